The third-order valence-electron chi connectivity index (χ3n) is 3.96. The van der Waals surface area contributed by atoms with E-state index in [-0.39, 0.29) is 11.5 Å². The molecular formula is C19H17F3N4O. The van der Waals surface area contributed by atoms with E-state index in [4.69, 9.17) is 0 Å². The molecular weight excluding hydrogens is 357 g/mol. The number of benzene rings is 2. The molecule has 140 valence electrons. The van der Waals surface area contributed by atoms with Crippen LogP contribution in [0.5, 0.6) is 0 Å². The number of urea groups is 1. The summed E-state index contributed by atoms with van der Waals surface area (Å²) < 4.78 is 40.6. The van der Waals surface area contributed by atoms with Crippen molar-refractivity contribution in [3.63, 3.8) is 0 Å². The predicted molar refractivity (Wildman–Crippen MR) is 96.6 cm³/mol. The first-order valence-corrected chi connectivity index (χ1v) is 8.15. The van der Waals surface area contributed by atoms with Crippen LogP contribution in [0.1, 0.15) is 16.7 Å². The van der Waals surface area contributed by atoms with Gasteiger partial charge in [-0.25, -0.2) is 4.79 Å². The number of aryl methyl sites for hydroxylation is 1. The third kappa shape index (κ3) is 4.66. The van der Waals surface area contributed by atoms with Crippen molar-refractivity contribution >= 4 is 17.5 Å². The number of aromatic nitrogens is 2. The van der Waals surface area contributed by atoms with E-state index in [9.17, 15) is 18.0 Å². The van der Waals surface area contributed by atoms with Gasteiger partial charge < -0.3 is 5.32 Å². The van der Waals surface area contributed by atoms with Crippen molar-refractivity contribution in [1.29, 1.82) is 0 Å². The van der Waals surface area contributed by atoms with Gasteiger partial charge in [0, 0.05) is 12.3 Å². The number of amides is 2. The highest BCUT2D eigenvalue weighted by Gasteiger charge is 2.33. The number of rotatable bonds is 4. The number of anilines is 2. The normalized spacial score (nSPS) is 11.3. The van der Waals surface area contributed by atoms with Crippen molar-refractivity contribution in [1.82, 2.24) is 9.78 Å². The second-order valence-corrected chi connectivity index (χ2v) is 5.95. The molecule has 0 saturated carbocycles. The van der Waals surface area contributed by atoms with Crippen LogP contribution in [0.3, 0.4) is 0 Å². The number of alkyl halides is 3. The quantitative estimate of drug-likeness (QED) is 0.682. The van der Waals surface area contributed by atoms with Crippen LogP contribution in [0.25, 0.3) is 0 Å². The molecule has 0 unspecified atom stereocenters. The highest BCUT2D eigenvalue weighted by molar-refractivity contribution is 5.99. The van der Waals surface area contributed by atoms with Gasteiger partial charge in [-0.15, -0.1) is 0 Å². The van der Waals surface area contributed by atoms with Crippen molar-refractivity contribution in [2.24, 2.45) is 0 Å². The minimum atomic E-state index is -4.56. The molecule has 3 aromatic rings. The van der Waals surface area contributed by atoms with Crippen molar-refractivity contribution in [2.75, 3.05) is 10.6 Å². The van der Waals surface area contributed by atoms with E-state index < -0.39 is 17.8 Å². The summed E-state index contributed by atoms with van der Waals surface area (Å²) in [6, 6.07) is 13.4. The first-order valence-electron chi connectivity index (χ1n) is 8.15. The molecule has 8 heteroatoms. The topological polar surface area (TPSA) is 59.0 Å². The molecule has 27 heavy (non-hydrogen) atoms. The molecule has 1 heterocycles. The molecule has 0 atom stereocenters. The van der Waals surface area contributed by atoms with E-state index in [1.807, 2.05) is 31.2 Å². The number of nitrogens with zero attached hydrogens (tertiary/aromatic N) is 2. The summed E-state index contributed by atoms with van der Waals surface area (Å²) in [7, 11) is 0. The van der Waals surface area contributed by atoms with E-state index in [0.717, 1.165) is 17.2 Å². The van der Waals surface area contributed by atoms with E-state index in [2.05, 4.69) is 15.7 Å². The van der Waals surface area contributed by atoms with Crippen molar-refractivity contribution in [2.45, 2.75) is 19.6 Å². The number of carbonyl (C=O) groups excluding carboxylic acids is 1. The molecule has 0 spiro atoms. The first kappa shape index (κ1) is 18.5. The van der Waals surface area contributed by atoms with Crippen LogP contribution in [0.4, 0.5) is 29.5 Å². The van der Waals surface area contributed by atoms with Gasteiger partial charge in [-0.05, 0) is 30.2 Å². The Bertz CT molecular complexity index is 950. The fraction of sp³-hybridized carbons (Fsp3) is 0.158. The Morgan fingerprint density at radius 1 is 1.04 bits per heavy atom. The van der Waals surface area contributed by atoms with Gasteiger partial charge in [0.05, 0.1) is 17.8 Å². The number of nitrogens with one attached hydrogen (secondary N) is 2. The zero-order valence-electron chi connectivity index (χ0n) is 14.4. The van der Waals surface area contributed by atoms with Gasteiger partial charge in [-0.1, -0.05) is 36.4 Å². The van der Waals surface area contributed by atoms with E-state index in [1.165, 1.54) is 18.2 Å². The standard InChI is InChI=1S/C19H17F3N4O/c1-13-6-2-3-7-14(13)12-26-11-10-17(25-26)24-18(27)23-16-9-5-4-8-15(16)19(20,21)22/h2-11H,12H2,1H3,(H2,23,24,25,27). The van der Waals surface area contributed by atoms with Crippen LogP contribution < -0.4 is 10.6 Å². The Hall–Kier alpha value is -3.29. The predicted octanol–water partition coefficient (Wildman–Crippen LogP) is 4.90. The van der Waals surface area contributed by atoms with Crippen molar-refractivity contribution in [3.05, 3.63) is 77.5 Å². The van der Waals surface area contributed by atoms with Gasteiger partial charge in [-0.3, -0.25) is 10.00 Å². The summed E-state index contributed by atoms with van der Waals surface area (Å²) in [5.74, 6) is 0.241. The maximum absolute atomic E-state index is 13.0. The monoisotopic (exact) mass is 374 g/mol. The lowest BCUT2D eigenvalue weighted by Crippen LogP contribution is -2.22. The Balaban J connectivity index is 1.66. The summed E-state index contributed by atoms with van der Waals surface area (Å²) in [4.78, 5) is 12.0. The Morgan fingerprint density at radius 2 is 1.74 bits per heavy atom. The van der Waals surface area contributed by atoms with Gasteiger partial charge in [-0.2, -0.15) is 18.3 Å². The van der Waals surface area contributed by atoms with E-state index >= 15 is 0 Å². The van der Waals surface area contributed by atoms with Gasteiger partial charge in [0.1, 0.15) is 0 Å². The number of carbonyl (C=O) groups is 1. The molecule has 0 aliphatic heterocycles. The maximum atomic E-state index is 13.0. The van der Waals surface area contributed by atoms with Gasteiger partial charge in [0.15, 0.2) is 5.82 Å². The number of para-hydroxylation sites is 1. The fourth-order valence-corrected chi connectivity index (χ4v) is 2.59. The average molecular weight is 374 g/mol. The second kappa shape index (κ2) is 7.53. The summed E-state index contributed by atoms with van der Waals surface area (Å²) in [5, 5.41) is 8.88. The van der Waals surface area contributed by atoms with Gasteiger partial charge in [0.2, 0.25) is 0 Å². The third-order valence-corrected chi connectivity index (χ3v) is 3.96. The summed E-state index contributed by atoms with van der Waals surface area (Å²) in [6.45, 7) is 2.51. The Morgan fingerprint density at radius 3 is 2.48 bits per heavy atom. The van der Waals surface area contributed by atoms with Crippen molar-refractivity contribution in [3.8, 4) is 0 Å². The molecule has 2 amide bonds. The van der Waals surface area contributed by atoms with Crippen LogP contribution in [0.2, 0.25) is 0 Å². The van der Waals surface area contributed by atoms with Gasteiger partial charge in [0.25, 0.3) is 0 Å². The summed E-state index contributed by atoms with van der Waals surface area (Å²) >= 11 is 0. The van der Waals surface area contributed by atoms with E-state index in [1.54, 1.807) is 16.9 Å². The SMILES string of the molecule is Cc1ccccc1Cn1ccc(NC(=O)Nc2ccccc2C(F)(F)F)n1. The van der Waals surface area contributed by atoms with Crippen LogP contribution >= 0.6 is 0 Å². The molecule has 0 saturated heterocycles. The first-order chi connectivity index (χ1) is 12.8. The molecule has 2 aromatic carbocycles. The van der Waals surface area contributed by atoms with Crippen LogP contribution in [-0.2, 0) is 12.7 Å². The number of hydrogen-bond acceptors (Lipinski definition) is 2. The highest BCUT2D eigenvalue weighted by Crippen LogP contribution is 2.34. The van der Waals surface area contributed by atoms with Crippen LogP contribution in [-0.4, -0.2) is 15.8 Å². The largest absolute Gasteiger partial charge is 0.418 e. The average Bonchev–Trinajstić information content (AvgIpc) is 3.03. The highest BCUT2D eigenvalue weighted by atomic mass is 19.4. The zero-order valence-corrected chi connectivity index (χ0v) is 14.4. The molecule has 5 nitrogen and oxygen atoms in total. The maximum Gasteiger partial charge on any atom is 0.418 e. The smallest absolute Gasteiger partial charge is 0.307 e. The molecule has 3 rings (SSSR count). The molecule has 0 aliphatic rings. The fourth-order valence-electron chi connectivity index (χ4n) is 2.59. The minimum Gasteiger partial charge on any atom is -0.307 e. The summed E-state index contributed by atoms with van der Waals surface area (Å²) in [5.41, 5.74) is 0.965. The van der Waals surface area contributed by atoms with Crippen LogP contribution in [0.15, 0.2) is 60.8 Å². The van der Waals surface area contributed by atoms with Crippen LogP contribution in [0, 0.1) is 6.92 Å². The lowest BCUT2D eigenvalue weighted by Gasteiger charge is -2.13. The van der Waals surface area contributed by atoms with Gasteiger partial charge >= 0.3 is 12.2 Å². The molecule has 0 radical (unpaired) electrons. The van der Waals surface area contributed by atoms with E-state index in [0.29, 0.717) is 6.54 Å². The molecule has 0 aliphatic carbocycles. The molecule has 0 fully saturated rings. The lowest BCUT2D eigenvalue weighted by atomic mass is 10.1. The zero-order chi connectivity index (χ0) is 19.4. The second-order valence-electron chi connectivity index (χ2n) is 5.95. The minimum absolute atomic E-state index is 0.241. The number of halogens is 3. The lowest BCUT2D eigenvalue weighted by molar-refractivity contribution is -0.136. The molecule has 2 N–H and O–H groups in total. The summed E-state index contributed by atoms with van der Waals surface area (Å²) in [6.07, 6.45) is -2.87. The Kier molecular flexibility index (Phi) is 5.16. The van der Waals surface area contributed by atoms with Crippen molar-refractivity contribution < 1.29 is 18.0 Å². The molecule has 1 aromatic heterocycles. The Labute approximate surface area is 153 Å². The number of hydrogen-bond donors (Lipinski definition) is 2. The molecule has 0 bridgehead atoms.